The minimum Gasteiger partial charge on any atom is -0.381 e. The number of rotatable bonds is 3. The lowest BCUT2D eigenvalue weighted by Crippen LogP contribution is -2.49. The van der Waals surface area contributed by atoms with Crippen LogP contribution in [0.1, 0.15) is 30.1 Å². The van der Waals surface area contributed by atoms with E-state index in [0.29, 0.717) is 24.5 Å². The van der Waals surface area contributed by atoms with E-state index in [-0.39, 0.29) is 11.4 Å². The van der Waals surface area contributed by atoms with Gasteiger partial charge in [-0.05, 0) is 25.8 Å². The monoisotopic (exact) mass is 250 g/mol. The van der Waals surface area contributed by atoms with Crippen molar-refractivity contribution in [3.05, 3.63) is 24.0 Å². The summed E-state index contributed by atoms with van der Waals surface area (Å²) in [4.78, 5) is 16.1. The Bertz CT molecular complexity index is 430. The Kier molecular flexibility index (Phi) is 3.78. The number of hydrazine groups is 1. The summed E-state index contributed by atoms with van der Waals surface area (Å²) in [6, 6.07) is 1.65. The highest BCUT2D eigenvalue weighted by Crippen LogP contribution is 2.21. The average molecular weight is 250 g/mol. The number of aromatic nitrogens is 1. The molecule has 2 heterocycles. The smallest absolute Gasteiger partial charge is 0.253 e. The Hall–Kier alpha value is -1.66. The first-order valence-corrected chi connectivity index (χ1v) is 5.95. The molecule has 18 heavy (non-hydrogen) atoms. The summed E-state index contributed by atoms with van der Waals surface area (Å²) in [7, 11) is 0. The van der Waals surface area contributed by atoms with Gasteiger partial charge in [0.15, 0.2) is 0 Å². The molecule has 2 rings (SSSR count). The van der Waals surface area contributed by atoms with Gasteiger partial charge in [-0.2, -0.15) is 0 Å². The molecule has 0 bridgehead atoms. The van der Waals surface area contributed by atoms with Gasteiger partial charge in [0, 0.05) is 24.9 Å². The maximum atomic E-state index is 12.2. The highest BCUT2D eigenvalue weighted by Gasteiger charge is 2.29. The molecule has 0 radical (unpaired) electrons. The van der Waals surface area contributed by atoms with E-state index < -0.39 is 0 Å². The van der Waals surface area contributed by atoms with Gasteiger partial charge in [0.05, 0.1) is 17.4 Å². The topological polar surface area (TPSA) is 89.3 Å². The third-order valence-electron chi connectivity index (χ3n) is 3.23. The van der Waals surface area contributed by atoms with Gasteiger partial charge in [-0.1, -0.05) is 0 Å². The second-order valence-corrected chi connectivity index (χ2v) is 4.69. The molecule has 6 heteroatoms. The molecule has 6 nitrogen and oxygen atoms in total. The van der Waals surface area contributed by atoms with Crippen molar-refractivity contribution in [1.29, 1.82) is 0 Å². The van der Waals surface area contributed by atoms with Crippen molar-refractivity contribution < 1.29 is 9.53 Å². The molecule has 1 saturated heterocycles. The fraction of sp³-hybridized carbons (Fsp3) is 0.500. The Balaban J connectivity index is 2.11. The van der Waals surface area contributed by atoms with E-state index in [1.54, 1.807) is 12.3 Å². The Labute approximate surface area is 106 Å². The van der Waals surface area contributed by atoms with Crippen molar-refractivity contribution in [1.82, 2.24) is 10.3 Å². The fourth-order valence-corrected chi connectivity index (χ4v) is 2.00. The van der Waals surface area contributed by atoms with Crippen molar-refractivity contribution in [2.24, 2.45) is 5.84 Å². The maximum absolute atomic E-state index is 12.2. The zero-order valence-corrected chi connectivity index (χ0v) is 10.4. The van der Waals surface area contributed by atoms with Crippen LogP contribution in [0.25, 0.3) is 0 Å². The number of pyridine rings is 1. The van der Waals surface area contributed by atoms with Crippen molar-refractivity contribution in [2.75, 3.05) is 18.6 Å². The molecule has 0 aliphatic carbocycles. The third-order valence-corrected chi connectivity index (χ3v) is 3.23. The maximum Gasteiger partial charge on any atom is 0.253 e. The molecule has 4 N–H and O–H groups in total. The molecule has 0 unspecified atom stereocenters. The highest BCUT2D eigenvalue weighted by atomic mass is 16.5. The molecule has 0 spiro atoms. The van der Waals surface area contributed by atoms with Crippen LogP contribution >= 0.6 is 0 Å². The number of nitrogen functional groups attached to an aromatic ring is 1. The zero-order valence-electron chi connectivity index (χ0n) is 10.4. The summed E-state index contributed by atoms with van der Waals surface area (Å²) in [5.74, 6) is 5.22. The number of hydrogen-bond acceptors (Lipinski definition) is 5. The predicted molar refractivity (Wildman–Crippen MR) is 68.0 cm³/mol. The van der Waals surface area contributed by atoms with E-state index in [4.69, 9.17) is 10.6 Å². The average Bonchev–Trinajstić information content (AvgIpc) is 2.39. The summed E-state index contributed by atoms with van der Waals surface area (Å²) in [6.07, 6.45) is 4.73. The van der Waals surface area contributed by atoms with Gasteiger partial charge in [0.25, 0.3) is 5.91 Å². The standard InChI is InChI=1S/C12H18N4O2/c1-12(3-6-18-7-4-12)15-11(17)9-2-5-14-8-10(9)16-13/h2,5,8,16H,3-4,6-7,13H2,1H3,(H,15,17). The van der Waals surface area contributed by atoms with Crippen LogP contribution in [0.2, 0.25) is 0 Å². The van der Waals surface area contributed by atoms with Gasteiger partial charge in [0.2, 0.25) is 0 Å². The van der Waals surface area contributed by atoms with Gasteiger partial charge in [-0.25, -0.2) is 0 Å². The van der Waals surface area contributed by atoms with Crippen molar-refractivity contribution in [2.45, 2.75) is 25.3 Å². The molecule has 1 aliphatic rings. The van der Waals surface area contributed by atoms with E-state index in [2.05, 4.69) is 15.7 Å². The van der Waals surface area contributed by atoms with Crippen molar-refractivity contribution in [3.63, 3.8) is 0 Å². The summed E-state index contributed by atoms with van der Waals surface area (Å²) in [5.41, 5.74) is 3.28. The molecular weight excluding hydrogens is 232 g/mol. The minimum atomic E-state index is -0.218. The summed E-state index contributed by atoms with van der Waals surface area (Å²) in [5, 5.41) is 3.04. The second kappa shape index (κ2) is 5.32. The number of ether oxygens (including phenoxy) is 1. The van der Waals surface area contributed by atoms with Crippen molar-refractivity contribution in [3.8, 4) is 0 Å². The summed E-state index contributed by atoms with van der Waals surface area (Å²) < 4.78 is 5.30. The van der Waals surface area contributed by atoms with Crippen LogP contribution < -0.4 is 16.6 Å². The quantitative estimate of drug-likeness (QED) is 0.542. The molecule has 0 saturated carbocycles. The SMILES string of the molecule is CC1(NC(=O)c2ccncc2NN)CCOCC1. The molecule has 1 aliphatic heterocycles. The number of carbonyl (C=O) groups is 1. The lowest BCUT2D eigenvalue weighted by atomic mass is 9.92. The lowest BCUT2D eigenvalue weighted by molar-refractivity contribution is 0.0423. The second-order valence-electron chi connectivity index (χ2n) is 4.69. The number of nitrogens with zero attached hydrogens (tertiary/aromatic N) is 1. The van der Waals surface area contributed by atoms with Crippen LogP contribution in [0.3, 0.4) is 0 Å². The van der Waals surface area contributed by atoms with Crippen LogP contribution in [0, 0.1) is 0 Å². The molecule has 1 aromatic heterocycles. The first kappa shape index (κ1) is 12.8. The van der Waals surface area contributed by atoms with Crippen molar-refractivity contribution >= 4 is 11.6 Å². The Morgan fingerprint density at radius 1 is 1.50 bits per heavy atom. The van der Waals surface area contributed by atoms with E-state index in [0.717, 1.165) is 12.8 Å². The summed E-state index contributed by atoms with van der Waals surface area (Å²) >= 11 is 0. The lowest BCUT2D eigenvalue weighted by Gasteiger charge is -2.34. The van der Waals surface area contributed by atoms with E-state index in [1.807, 2.05) is 6.92 Å². The van der Waals surface area contributed by atoms with E-state index in [1.165, 1.54) is 6.20 Å². The fourth-order valence-electron chi connectivity index (χ4n) is 2.00. The van der Waals surface area contributed by atoms with Gasteiger partial charge in [0.1, 0.15) is 0 Å². The normalized spacial score (nSPS) is 18.1. The van der Waals surface area contributed by atoms with Crippen LogP contribution in [0.15, 0.2) is 18.5 Å². The zero-order chi connectivity index (χ0) is 13.0. The first-order valence-electron chi connectivity index (χ1n) is 5.95. The number of hydrogen-bond donors (Lipinski definition) is 3. The van der Waals surface area contributed by atoms with Crippen LogP contribution in [0.4, 0.5) is 5.69 Å². The van der Waals surface area contributed by atoms with Crippen LogP contribution in [-0.4, -0.2) is 29.6 Å². The minimum absolute atomic E-state index is 0.144. The number of anilines is 1. The number of nitrogens with two attached hydrogens (primary N) is 1. The van der Waals surface area contributed by atoms with Crippen LogP contribution in [0.5, 0.6) is 0 Å². The van der Waals surface area contributed by atoms with E-state index in [9.17, 15) is 4.79 Å². The molecule has 0 atom stereocenters. The number of carbonyl (C=O) groups excluding carboxylic acids is 1. The van der Waals surface area contributed by atoms with Gasteiger partial charge in [-0.15, -0.1) is 0 Å². The summed E-state index contributed by atoms with van der Waals surface area (Å²) in [6.45, 7) is 3.38. The number of amides is 1. The molecule has 0 aromatic carbocycles. The number of nitrogens with one attached hydrogen (secondary N) is 2. The van der Waals surface area contributed by atoms with Gasteiger partial charge >= 0.3 is 0 Å². The largest absolute Gasteiger partial charge is 0.381 e. The Morgan fingerprint density at radius 3 is 2.89 bits per heavy atom. The molecule has 1 fully saturated rings. The van der Waals surface area contributed by atoms with E-state index >= 15 is 0 Å². The Morgan fingerprint density at radius 2 is 2.22 bits per heavy atom. The highest BCUT2D eigenvalue weighted by molar-refractivity contribution is 5.99. The molecule has 1 aromatic rings. The van der Waals surface area contributed by atoms with Gasteiger partial charge < -0.3 is 15.5 Å². The molecule has 1 amide bonds. The third kappa shape index (κ3) is 2.77. The molecular formula is C12H18N4O2. The van der Waals surface area contributed by atoms with Crippen LogP contribution in [-0.2, 0) is 4.74 Å². The molecule has 98 valence electrons. The first-order chi connectivity index (χ1) is 8.64. The predicted octanol–water partition coefficient (Wildman–Crippen LogP) is 0.666. The van der Waals surface area contributed by atoms with Gasteiger partial charge in [-0.3, -0.25) is 15.6 Å².